The topological polar surface area (TPSA) is 72.9 Å². The lowest BCUT2D eigenvalue weighted by Crippen LogP contribution is -2.50. The van der Waals surface area contributed by atoms with Crippen LogP contribution in [0.25, 0.3) is 0 Å². The summed E-state index contributed by atoms with van der Waals surface area (Å²) in [6.45, 7) is 2.35. The number of piperidine rings is 1. The molecule has 0 aromatic carbocycles. The van der Waals surface area contributed by atoms with E-state index in [1.54, 1.807) is 19.0 Å². The zero-order valence-corrected chi connectivity index (χ0v) is 11.6. The number of carboxylic acid groups (broad SMARTS) is 1. The first-order chi connectivity index (χ1) is 8.99. The van der Waals surface area contributed by atoms with E-state index in [1.807, 2.05) is 0 Å². The predicted octanol–water partition coefficient (Wildman–Crippen LogP) is -0.193. The lowest BCUT2D eigenvalue weighted by atomic mass is 9.95. The minimum Gasteiger partial charge on any atom is -0.481 e. The molecule has 0 aromatic heterocycles. The molecule has 2 N–H and O–H groups in total. The first-order valence-electron chi connectivity index (χ1n) is 6.90. The third-order valence-corrected chi connectivity index (χ3v) is 4.18. The predicted molar refractivity (Wildman–Crippen MR) is 70.5 cm³/mol. The monoisotopic (exact) mass is 269 g/mol. The summed E-state index contributed by atoms with van der Waals surface area (Å²) >= 11 is 0. The molecule has 2 rings (SSSR count). The first-order valence-corrected chi connectivity index (χ1v) is 6.90. The Labute approximate surface area is 113 Å². The fraction of sp³-hybridized carbons (Fsp3) is 0.846. The normalized spacial score (nSPS) is 32.2. The highest BCUT2D eigenvalue weighted by Gasteiger charge is 2.36. The Morgan fingerprint density at radius 1 is 1.26 bits per heavy atom. The minimum absolute atomic E-state index is 0.0574. The fourth-order valence-electron chi connectivity index (χ4n) is 3.03. The largest absolute Gasteiger partial charge is 0.481 e. The van der Waals surface area contributed by atoms with Gasteiger partial charge >= 0.3 is 5.97 Å². The van der Waals surface area contributed by atoms with Crippen LogP contribution in [0.4, 0.5) is 0 Å². The molecule has 0 spiro atoms. The van der Waals surface area contributed by atoms with Gasteiger partial charge in [-0.15, -0.1) is 0 Å². The van der Waals surface area contributed by atoms with Gasteiger partial charge < -0.3 is 15.3 Å². The van der Waals surface area contributed by atoms with Crippen molar-refractivity contribution < 1.29 is 14.7 Å². The zero-order valence-electron chi connectivity index (χ0n) is 11.6. The second-order valence-corrected chi connectivity index (χ2v) is 5.74. The molecule has 2 fully saturated rings. The summed E-state index contributed by atoms with van der Waals surface area (Å²) in [4.78, 5) is 26.9. The zero-order chi connectivity index (χ0) is 14.0. The highest BCUT2D eigenvalue weighted by molar-refractivity contribution is 5.78. The molecule has 6 heteroatoms. The van der Waals surface area contributed by atoms with E-state index in [9.17, 15) is 9.59 Å². The van der Waals surface area contributed by atoms with Gasteiger partial charge in [-0.3, -0.25) is 14.5 Å². The van der Waals surface area contributed by atoms with Gasteiger partial charge in [-0.2, -0.15) is 0 Å². The Kier molecular flexibility index (Phi) is 4.42. The molecular formula is C13H23N3O3. The number of hydrogen-bond donors (Lipinski definition) is 2. The molecule has 2 aliphatic rings. The van der Waals surface area contributed by atoms with E-state index < -0.39 is 5.97 Å². The van der Waals surface area contributed by atoms with Crippen LogP contribution in [-0.4, -0.2) is 66.7 Å². The molecule has 0 saturated carbocycles. The maximum absolute atomic E-state index is 11.9. The van der Waals surface area contributed by atoms with Crippen LogP contribution in [0.3, 0.4) is 0 Å². The van der Waals surface area contributed by atoms with E-state index in [-0.39, 0.29) is 23.9 Å². The summed E-state index contributed by atoms with van der Waals surface area (Å²) in [5.74, 6) is -0.725. The Bertz CT molecular complexity index is 359. The first kappa shape index (κ1) is 14.3. The van der Waals surface area contributed by atoms with Crippen LogP contribution in [0.1, 0.15) is 19.3 Å². The molecule has 0 radical (unpaired) electrons. The fourth-order valence-corrected chi connectivity index (χ4v) is 3.03. The van der Waals surface area contributed by atoms with Crippen molar-refractivity contribution in [1.82, 2.24) is 15.1 Å². The van der Waals surface area contributed by atoms with Crippen molar-refractivity contribution in [3.05, 3.63) is 0 Å². The molecule has 2 heterocycles. The molecule has 2 saturated heterocycles. The third-order valence-electron chi connectivity index (χ3n) is 4.18. The van der Waals surface area contributed by atoms with Crippen molar-refractivity contribution in [1.29, 1.82) is 0 Å². The number of carboxylic acids is 1. The lowest BCUT2D eigenvalue weighted by molar-refractivity contribution is -0.143. The van der Waals surface area contributed by atoms with Crippen molar-refractivity contribution in [2.75, 3.05) is 33.7 Å². The molecule has 19 heavy (non-hydrogen) atoms. The number of hydrogen-bond acceptors (Lipinski definition) is 4. The van der Waals surface area contributed by atoms with Crippen molar-refractivity contribution in [2.24, 2.45) is 11.8 Å². The number of amides is 1. The van der Waals surface area contributed by atoms with Gasteiger partial charge in [0.05, 0.1) is 18.0 Å². The average molecular weight is 269 g/mol. The summed E-state index contributed by atoms with van der Waals surface area (Å²) in [6, 6.07) is 0. The number of carbonyl (C=O) groups is 2. The van der Waals surface area contributed by atoms with Gasteiger partial charge in [0.25, 0.3) is 0 Å². The Morgan fingerprint density at radius 3 is 2.63 bits per heavy atom. The van der Waals surface area contributed by atoms with Crippen molar-refractivity contribution >= 4 is 11.9 Å². The quantitative estimate of drug-likeness (QED) is 0.743. The van der Waals surface area contributed by atoms with Crippen LogP contribution >= 0.6 is 0 Å². The van der Waals surface area contributed by atoms with Gasteiger partial charge in [0.1, 0.15) is 0 Å². The highest BCUT2D eigenvalue weighted by atomic mass is 16.4. The number of likely N-dealkylation sites (tertiary alicyclic amines) is 1. The second-order valence-electron chi connectivity index (χ2n) is 5.74. The van der Waals surface area contributed by atoms with Crippen LogP contribution < -0.4 is 5.32 Å². The van der Waals surface area contributed by atoms with Crippen molar-refractivity contribution in [3.63, 3.8) is 0 Å². The lowest BCUT2D eigenvalue weighted by Gasteiger charge is -2.34. The molecule has 2 aliphatic heterocycles. The van der Waals surface area contributed by atoms with Crippen LogP contribution in [0.15, 0.2) is 0 Å². The summed E-state index contributed by atoms with van der Waals surface area (Å²) in [5.41, 5.74) is 0. The van der Waals surface area contributed by atoms with E-state index in [4.69, 9.17) is 5.11 Å². The van der Waals surface area contributed by atoms with Crippen LogP contribution in [0.5, 0.6) is 0 Å². The third kappa shape index (κ3) is 3.25. The number of nitrogens with zero attached hydrogens (tertiary/aromatic N) is 2. The Morgan fingerprint density at radius 2 is 2.00 bits per heavy atom. The maximum Gasteiger partial charge on any atom is 0.306 e. The number of nitrogens with one attached hydrogen (secondary N) is 1. The van der Waals surface area contributed by atoms with Crippen molar-refractivity contribution in [2.45, 2.75) is 25.4 Å². The molecule has 1 amide bonds. The maximum atomic E-state index is 11.9. The number of aliphatic carboxylic acids is 1. The highest BCUT2D eigenvalue weighted by Crippen LogP contribution is 2.25. The molecule has 108 valence electrons. The minimum atomic E-state index is -0.702. The van der Waals surface area contributed by atoms with Crippen LogP contribution in [-0.2, 0) is 9.59 Å². The number of rotatable bonds is 3. The van der Waals surface area contributed by atoms with E-state index >= 15 is 0 Å². The molecular weight excluding hydrogens is 246 g/mol. The molecule has 3 atom stereocenters. The van der Waals surface area contributed by atoms with Gasteiger partial charge in [0.15, 0.2) is 0 Å². The van der Waals surface area contributed by atoms with E-state index in [2.05, 4.69) is 10.2 Å². The molecule has 6 nitrogen and oxygen atoms in total. The van der Waals surface area contributed by atoms with E-state index in [0.29, 0.717) is 12.8 Å². The second kappa shape index (κ2) is 5.88. The van der Waals surface area contributed by atoms with Gasteiger partial charge in [-0.1, -0.05) is 0 Å². The smallest absolute Gasteiger partial charge is 0.306 e. The molecule has 0 aromatic rings. The Hall–Kier alpha value is -1.14. The summed E-state index contributed by atoms with van der Waals surface area (Å²) in [6.07, 6.45) is 2.31. The van der Waals surface area contributed by atoms with Gasteiger partial charge in [-0.25, -0.2) is 0 Å². The summed E-state index contributed by atoms with van der Waals surface area (Å²) < 4.78 is 0. The number of carbonyl (C=O) groups excluding carboxylic acids is 1. The molecule has 0 bridgehead atoms. The molecule has 3 unspecified atom stereocenters. The van der Waals surface area contributed by atoms with Crippen LogP contribution in [0, 0.1) is 11.8 Å². The van der Waals surface area contributed by atoms with E-state index in [0.717, 1.165) is 26.1 Å². The SMILES string of the molecule is CN(C)C(=O)C1CCN(C2CC(C(=O)O)CCN2)C1. The van der Waals surface area contributed by atoms with Gasteiger partial charge in [0.2, 0.25) is 5.91 Å². The van der Waals surface area contributed by atoms with Crippen LogP contribution in [0.2, 0.25) is 0 Å². The molecule has 0 aliphatic carbocycles. The average Bonchev–Trinajstić information content (AvgIpc) is 2.87. The Balaban J connectivity index is 1.90. The van der Waals surface area contributed by atoms with Crippen molar-refractivity contribution in [3.8, 4) is 0 Å². The van der Waals surface area contributed by atoms with Gasteiger partial charge in [-0.05, 0) is 25.8 Å². The summed E-state index contributed by atoms with van der Waals surface area (Å²) in [5, 5.41) is 12.5. The standard InChI is InChI=1S/C13H23N3O3/c1-15(2)12(17)10-4-6-16(8-10)11-7-9(13(18)19)3-5-14-11/h9-11,14H,3-8H2,1-2H3,(H,18,19). The van der Waals surface area contributed by atoms with E-state index in [1.165, 1.54) is 0 Å². The van der Waals surface area contributed by atoms with Gasteiger partial charge in [0, 0.05) is 27.2 Å². The summed E-state index contributed by atoms with van der Waals surface area (Å²) in [7, 11) is 3.56.